The van der Waals surface area contributed by atoms with Gasteiger partial charge in [-0.1, -0.05) is 13.2 Å². The number of isocyanates is 1. The van der Waals surface area contributed by atoms with Crippen LogP contribution >= 0.6 is 0 Å². The summed E-state index contributed by atoms with van der Waals surface area (Å²) in [5, 5.41) is 0. The topological polar surface area (TPSA) is 91.3 Å². The zero-order valence-electron chi connectivity index (χ0n) is 12.6. The Kier molecular flexibility index (Phi) is 14.2. The molecule has 0 aliphatic rings. The second-order valence-electron chi connectivity index (χ2n) is 3.77. The Hall–Kier alpha value is -2.24. The molecule has 0 aliphatic heterocycles. The smallest absolute Gasteiger partial charge is 0.333 e. The van der Waals surface area contributed by atoms with Crippen LogP contribution in [-0.2, 0) is 28.6 Å². The van der Waals surface area contributed by atoms with Gasteiger partial charge in [0.1, 0.15) is 13.2 Å². The summed E-state index contributed by atoms with van der Waals surface area (Å²) >= 11 is 0. The second kappa shape index (κ2) is 14.2. The molecule has 0 radical (unpaired) electrons. The Morgan fingerprint density at radius 2 is 2.00 bits per heavy atom. The minimum atomic E-state index is -0.467. The molecule has 1 unspecified atom stereocenters. The minimum absolute atomic E-state index is 0.0519. The van der Waals surface area contributed by atoms with Crippen LogP contribution in [-0.4, -0.2) is 51.0 Å². The fraction of sp³-hybridized carbons (Fsp3) is 0.500. The molecule has 7 heteroatoms. The second-order valence-corrected chi connectivity index (χ2v) is 3.77. The summed E-state index contributed by atoms with van der Waals surface area (Å²) in [5.74, 6) is -0.880. The molecule has 118 valence electrons. The van der Waals surface area contributed by atoms with Crippen LogP contribution in [0.1, 0.15) is 13.8 Å². The van der Waals surface area contributed by atoms with Gasteiger partial charge in [-0.2, -0.15) is 0 Å². The summed E-state index contributed by atoms with van der Waals surface area (Å²) < 4.78 is 14.1. The number of methoxy groups -OCH3 is 1. The van der Waals surface area contributed by atoms with Crippen LogP contribution in [0.5, 0.6) is 0 Å². The Morgan fingerprint density at radius 3 is 2.43 bits per heavy atom. The van der Waals surface area contributed by atoms with Gasteiger partial charge in [-0.15, -0.1) is 0 Å². The molecule has 0 saturated heterocycles. The molecule has 0 amide bonds. The molecule has 0 aromatic heterocycles. The van der Waals surface area contributed by atoms with Crippen LogP contribution in [0.15, 0.2) is 29.8 Å². The normalized spacial score (nSPS) is 10.0. The molecule has 0 rings (SSSR count). The third-order valence-electron chi connectivity index (χ3n) is 1.88. The first-order valence-electron chi connectivity index (χ1n) is 6.07. The third-order valence-corrected chi connectivity index (χ3v) is 1.88. The quantitative estimate of drug-likeness (QED) is 0.220. The summed E-state index contributed by atoms with van der Waals surface area (Å²) in [5.41, 5.74) is 0.333. The number of hydrogen-bond donors (Lipinski definition) is 0. The van der Waals surface area contributed by atoms with E-state index in [0.717, 1.165) is 6.08 Å². The van der Waals surface area contributed by atoms with Crippen molar-refractivity contribution in [2.75, 3.05) is 26.9 Å². The molecule has 0 aromatic carbocycles. The number of carbonyl (C=O) groups excluding carboxylic acids is 3. The minimum Gasteiger partial charge on any atom is -0.460 e. The van der Waals surface area contributed by atoms with Crippen molar-refractivity contribution in [3.63, 3.8) is 0 Å². The van der Waals surface area contributed by atoms with Crippen molar-refractivity contribution in [2.45, 2.75) is 20.0 Å². The molecule has 0 aliphatic carbocycles. The van der Waals surface area contributed by atoms with E-state index in [1.165, 1.54) is 6.08 Å². The summed E-state index contributed by atoms with van der Waals surface area (Å²) in [4.78, 5) is 33.8. The Labute approximate surface area is 124 Å². The first-order chi connectivity index (χ1) is 9.88. The molecule has 0 heterocycles. The van der Waals surface area contributed by atoms with Gasteiger partial charge < -0.3 is 14.2 Å². The van der Waals surface area contributed by atoms with Crippen molar-refractivity contribution in [2.24, 2.45) is 4.99 Å². The number of rotatable bonds is 8. The Bertz CT molecular complexity index is 398. The lowest BCUT2D eigenvalue weighted by molar-refractivity contribution is -0.141. The lowest BCUT2D eigenvalue weighted by Gasteiger charge is -2.07. The van der Waals surface area contributed by atoms with Gasteiger partial charge in [0.15, 0.2) is 0 Å². The lowest BCUT2D eigenvalue weighted by atomic mass is 10.4. The van der Waals surface area contributed by atoms with Gasteiger partial charge in [0.2, 0.25) is 6.08 Å². The van der Waals surface area contributed by atoms with E-state index in [1.54, 1.807) is 14.0 Å². The van der Waals surface area contributed by atoms with Crippen molar-refractivity contribution in [3.8, 4) is 0 Å². The number of ether oxygens (including phenoxy) is 3. The van der Waals surface area contributed by atoms with Crippen molar-refractivity contribution in [1.29, 1.82) is 0 Å². The number of esters is 2. The predicted octanol–water partition coefficient (Wildman–Crippen LogP) is 1.19. The van der Waals surface area contributed by atoms with E-state index < -0.39 is 11.9 Å². The summed E-state index contributed by atoms with van der Waals surface area (Å²) in [6.07, 6.45) is 2.41. The molecule has 7 nitrogen and oxygen atoms in total. The van der Waals surface area contributed by atoms with Crippen LogP contribution in [0, 0.1) is 0 Å². The van der Waals surface area contributed by atoms with Gasteiger partial charge in [-0.05, 0) is 13.8 Å². The van der Waals surface area contributed by atoms with E-state index in [0.29, 0.717) is 5.57 Å². The molecule has 0 spiro atoms. The van der Waals surface area contributed by atoms with Gasteiger partial charge >= 0.3 is 11.9 Å². The zero-order chi connectivity index (χ0) is 16.7. The number of aliphatic imine (C=N–C) groups is 1. The Morgan fingerprint density at radius 1 is 1.38 bits per heavy atom. The number of nitrogens with zero attached hydrogens (tertiary/aromatic N) is 1. The van der Waals surface area contributed by atoms with E-state index in [9.17, 15) is 14.4 Å². The molecule has 0 N–H and O–H groups in total. The van der Waals surface area contributed by atoms with Crippen LogP contribution < -0.4 is 0 Å². The standard InChI is InChI=1S/C7H9NO3.C7H12O3/c1-6(2)7(10)11-4-3-8-5-9;1-4-7(8)10-5-6(2)9-3/h1,3-4H2,2H3;4,6H,1,5H2,2-3H3. The van der Waals surface area contributed by atoms with Gasteiger partial charge in [-0.25, -0.2) is 19.4 Å². The lowest BCUT2D eigenvalue weighted by Crippen LogP contribution is -2.16. The summed E-state index contributed by atoms with van der Waals surface area (Å²) in [7, 11) is 1.56. The highest BCUT2D eigenvalue weighted by Crippen LogP contribution is 1.91. The van der Waals surface area contributed by atoms with Gasteiger partial charge in [0, 0.05) is 18.8 Å². The van der Waals surface area contributed by atoms with Gasteiger partial charge in [-0.3, -0.25) is 0 Å². The SMILES string of the molecule is C=C(C)C(=O)OCCN=C=O.C=CC(=O)OCC(C)OC. The monoisotopic (exact) mass is 299 g/mol. The van der Waals surface area contributed by atoms with E-state index in [4.69, 9.17) is 4.74 Å². The maximum atomic E-state index is 10.6. The molecule has 0 bridgehead atoms. The van der Waals surface area contributed by atoms with Gasteiger partial charge in [0.05, 0.1) is 12.6 Å². The zero-order valence-corrected chi connectivity index (χ0v) is 12.6. The predicted molar refractivity (Wildman–Crippen MR) is 76.4 cm³/mol. The fourth-order valence-electron chi connectivity index (χ4n) is 0.679. The molecule has 0 saturated carbocycles. The van der Waals surface area contributed by atoms with Gasteiger partial charge in [0.25, 0.3) is 0 Å². The van der Waals surface area contributed by atoms with E-state index >= 15 is 0 Å². The van der Waals surface area contributed by atoms with Crippen molar-refractivity contribution in [3.05, 3.63) is 24.8 Å². The highest BCUT2D eigenvalue weighted by Gasteiger charge is 2.01. The van der Waals surface area contributed by atoms with Crippen LogP contribution in [0.4, 0.5) is 0 Å². The van der Waals surface area contributed by atoms with Crippen molar-refractivity contribution < 1.29 is 28.6 Å². The van der Waals surface area contributed by atoms with E-state index in [-0.39, 0.29) is 25.9 Å². The maximum absolute atomic E-state index is 10.6. The first kappa shape index (κ1) is 21.1. The first-order valence-corrected chi connectivity index (χ1v) is 6.07. The highest BCUT2D eigenvalue weighted by atomic mass is 16.6. The number of carbonyl (C=O) groups is 2. The van der Waals surface area contributed by atoms with Crippen molar-refractivity contribution >= 4 is 18.0 Å². The molecule has 21 heavy (non-hydrogen) atoms. The molecule has 1 atom stereocenters. The average Bonchev–Trinajstić information content (AvgIpc) is 2.48. The summed E-state index contributed by atoms with van der Waals surface area (Å²) in [6, 6.07) is 0. The largest absolute Gasteiger partial charge is 0.460 e. The third kappa shape index (κ3) is 15.7. The molecule has 0 fully saturated rings. The van der Waals surface area contributed by atoms with Crippen molar-refractivity contribution in [1.82, 2.24) is 0 Å². The molecular formula is C14H21NO6. The number of hydrogen-bond acceptors (Lipinski definition) is 7. The Balaban J connectivity index is 0. The van der Waals surface area contributed by atoms with E-state index in [2.05, 4.69) is 27.6 Å². The fourth-order valence-corrected chi connectivity index (χ4v) is 0.679. The molecule has 0 aromatic rings. The average molecular weight is 299 g/mol. The van der Waals surface area contributed by atoms with E-state index in [1.807, 2.05) is 6.92 Å². The van der Waals surface area contributed by atoms with Crippen LogP contribution in [0.2, 0.25) is 0 Å². The summed E-state index contributed by atoms with van der Waals surface area (Å²) in [6.45, 7) is 10.5. The maximum Gasteiger partial charge on any atom is 0.333 e. The van der Waals surface area contributed by atoms with Crippen LogP contribution in [0.25, 0.3) is 0 Å². The molecular weight excluding hydrogens is 278 g/mol. The highest BCUT2D eigenvalue weighted by molar-refractivity contribution is 5.86. The van der Waals surface area contributed by atoms with Crippen LogP contribution in [0.3, 0.4) is 0 Å².